The van der Waals surface area contributed by atoms with Crippen LogP contribution in [0.15, 0.2) is 72.9 Å². The largest absolute Gasteiger partial charge is 0.493 e. The van der Waals surface area contributed by atoms with Gasteiger partial charge in [-0.15, -0.1) is 0 Å². The van der Waals surface area contributed by atoms with Crippen molar-refractivity contribution in [2.45, 2.75) is 32.2 Å². The zero-order chi connectivity index (χ0) is 24.2. The van der Waals surface area contributed by atoms with Gasteiger partial charge in [0.05, 0.1) is 18.0 Å². The smallest absolute Gasteiger partial charge is 0.258 e. The summed E-state index contributed by atoms with van der Waals surface area (Å²) in [5, 5.41) is 4.66. The molecule has 0 spiro atoms. The van der Waals surface area contributed by atoms with Gasteiger partial charge in [-0.3, -0.25) is 4.79 Å². The minimum atomic E-state index is -0.0206. The molecule has 0 radical (unpaired) electrons. The quantitative estimate of drug-likeness (QED) is 0.299. The number of hydrogen-bond acceptors (Lipinski definition) is 4. The number of aromatic nitrogens is 1. The molecule has 1 aromatic heterocycles. The predicted octanol–water partition coefficient (Wildman–Crippen LogP) is 5.80. The lowest BCUT2D eigenvalue weighted by Gasteiger charge is -2.23. The lowest BCUT2D eigenvalue weighted by atomic mass is 10.0. The van der Waals surface area contributed by atoms with Gasteiger partial charge in [0.25, 0.3) is 5.91 Å². The summed E-state index contributed by atoms with van der Waals surface area (Å²) < 4.78 is 6.23. The summed E-state index contributed by atoms with van der Waals surface area (Å²) in [5.74, 6) is 0.699. The van der Waals surface area contributed by atoms with Crippen LogP contribution in [0, 0.1) is 0 Å². The summed E-state index contributed by atoms with van der Waals surface area (Å²) in [7, 11) is 0. The summed E-state index contributed by atoms with van der Waals surface area (Å²) >= 11 is 0. The summed E-state index contributed by atoms with van der Waals surface area (Å²) in [6.45, 7) is 4.00. The SMILES string of the molecule is CC1CCN(C(=O)c2ccc(-c3ccc4[nH]ccc4c3)c(OCCCCN)c2)c2ccccc2N1. The molecule has 1 atom stereocenters. The summed E-state index contributed by atoms with van der Waals surface area (Å²) in [6.07, 6.45) is 4.58. The standard InChI is InChI=1S/C29H32N4O2/c1-20-13-16-33(27-7-3-2-6-26(27)32-20)29(34)23-8-10-24(28(19-23)35-17-5-4-14-30)21-9-11-25-22(18-21)12-15-31-25/h2-3,6-12,15,18-20,31-32H,4-5,13-14,16-17,30H2,1H3. The number of benzene rings is 3. The Bertz CT molecular complexity index is 1330. The van der Waals surface area contributed by atoms with Gasteiger partial charge in [0.2, 0.25) is 0 Å². The predicted molar refractivity (Wildman–Crippen MR) is 143 cm³/mol. The second-order valence-corrected chi connectivity index (χ2v) is 9.14. The highest BCUT2D eigenvalue weighted by Gasteiger charge is 2.25. The van der Waals surface area contributed by atoms with E-state index < -0.39 is 0 Å². The van der Waals surface area contributed by atoms with Gasteiger partial charge < -0.3 is 25.7 Å². The van der Waals surface area contributed by atoms with Crippen LogP contribution in [0.2, 0.25) is 0 Å². The van der Waals surface area contributed by atoms with Crippen molar-refractivity contribution in [1.82, 2.24) is 4.98 Å². The number of rotatable bonds is 7. The highest BCUT2D eigenvalue weighted by molar-refractivity contribution is 6.08. The summed E-state index contributed by atoms with van der Waals surface area (Å²) in [4.78, 5) is 18.9. The third-order valence-electron chi connectivity index (χ3n) is 6.58. The first-order valence-electron chi connectivity index (χ1n) is 12.4. The zero-order valence-corrected chi connectivity index (χ0v) is 20.1. The molecule has 180 valence electrons. The second kappa shape index (κ2) is 10.2. The maximum absolute atomic E-state index is 13.8. The van der Waals surface area contributed by atoms with E-state index in [-0.39, 0.29) is 5.91 Å². The van der Waals surface area contributed by atoms with Crippen LogP contribution in [0.5, 0.6) is 5.75 Å². The maximum Gasteiger partial charge on any atom is 0.258 e. The third kappa shape index (κ3) is 4.88. The Morgan fingerprint density at radius 2 is 1.97 bits per heavy atom. The number of anilines is 2. The minimum Gasteiger partial charge on any atom is -0.493 e. The summed E-state index contributed by atoms with van der Waals surface area (Å²) in [5.41, 5.74) is 11.3. The zero-order valence-electron chi connectivity index (χ0n) is 20.1. The third-order valence-corrected chi connectivity index (χ3v) is 6.58. The molecule has 2 heterocycles. The number of carbonyl (C=O) groups is 1. The maximum atomic E-state index is 13.8. The number of nitrogens with two attached hydrogens (primary N) is 1. The fourth-order valence-corrected chi connectivity index (χ4v) is 4.64. The van der Waals surface area contributed by atoms with Crippen LogP contribution in [-0.2, 0) is 0 Å². The second-order valence-electron chi connectivity index (χ2n) is 9.14. The van der Waals surface area contributed by atoms with Gasteiger partial charge in [0.15, 0.2) is 0 Å². The number of unbranched alkanes of at least 4 members (excludes halogenated alkanes) is 1. The number of nitrogens with zero attached hydrogens (tertiary/aromatic N) is 1. The normalized spacial score (nSPS) is 15.4. The lowest BCUT2D eigenvalue weighted by molar-refractivity contribution is 0.0986. The van der Waals surface area contributed by atoms with E-state index in [0.29, 0.717) is 31.3 Å². The van der Waals surface area contributed by atoms with Crippen LogP contribution in [0.4, 0.5) is 11.4 Å². The molecule has 0 aliphatic carbocycles. The van der Waals surface area contributed by atoms with Crippen molar-refractivity contribution in [3.63, 3.8) is 0 Å². The molecule has 0 bridgehead atoms. The van der Waals surface area contributed by atoms with E-state index in [1.807, 2.05) is 53.6 Å². The fraction of sp³-hybridized carbons (Fsp3) is 0.276. The number of nitrogens with one attached hydrogen (secondary N) is 2. The molecule has 0 saturated heterocycles. The van der Waals surface area contributed by atoms with Crippen LogP contribution in [0.1, 0.15) is 36.5 Å². The van der Waals surface area contributed by atoms with E-state index in [9.17, 15) is 4.79 Å². The fourth-order valence-electron chi connectivity index (χ4n) is 4.64. The lowest BCUT2D eigenvalue weighted by Crippen LogP contribution is -2.32. The first-order valence-corrected chi connectivity index (χ1v) is 12.4. The van der Waals surface area contributed by atoms with Crippen molar-refractivity contribution in [2.24, 2.45) is 5.73 Å². The van der Waals surface area contributed by atoms with Crippen LogP contribution >= 0.6 is 0 Å². The molecule has 1 aliphatic heterocycles. The van der Waals surface area contributed by atoms with Gasteiger partial charge >= 0.3 is 0 Å². The van der Waals surface area contributed by atoms with Crippen molar-refractivity contribution in [2.75, 3.05) is 29.9 Å². The molecular formula is C29H32N4O2. The molecule has 4 N–H and O–H groups in total. The molecule has 5 rings (SSSR count). The Labute approximate surface area is 206 Å². The molecular weight excluding hydrogens is 436 g/mol. The van der Waals surface area contributed by atoms with E-state index in [4.69, 9.17) is 10.5 Å². The van der Waals surface area contributed by atoms with Crippen LogP contribution in [0.3, 0.4) is 0 Å². The topological polar surface area (TPSA) is 83.4 Å². The van der Waals surface area contributed by atoms with E-state index in [2.05, 4.69) is 41.5 Å². The molecule has 35 heavy (non-hydrogen) atoms. The molecule has 0 fully saturated rings. The Hall–Kier alpha value is -3.77. The molecule has 6 heteroatoms. The molecule has 4 aromatic rings. The van der Waals surface area contributed by atoms with E-state index in [1.54, 1.807) is 0 Å². The van der Waals surface area contributed by atoms with Gasteiger partial charge in [-0.05, 0) is 92.2 Å². The number of H-pyrrole nitrogens is 1. The number of fused-ring (bicyclic) bond motifs is 2. The Morgan fingerprint density at radius 1 is 1.09 bits per heavy atom. The average Bonchev–Trinajstić information content (AvgIpc) is 3.28. The number of aromatic amines is 1. The molecule has 3 aromatic carbocycles. The first kappa shape index (κ1) is 23.0. The van der Waals surface area contributed by atoms with E-state index in [1.165, 1.54) is 0 Å². The van der Waals surface area contributed by atoms with Crippen molar-refractivity contribution in [3.05, 3.63) is 78.5 Å². The Kier molecular flexibility index (Phi) is 6.73. The van der Waals surface area contributed by atoms with Gasteiger partial charge in [0.1, 0.15) is 5.75 Å². The first-order chi connectivity index (χ1) is 17.1. The van der Waals surface area contributed by atoms with Crippen molar-refractivity contribution >= 4 is 28.2 Å². The highest BCUT2D eigenvalue weighted by Crippen LogP contribution is 2.35. The highest BCUT2D eigenvalue weighted by atomic mass is 16.5. The number of amides is 1. The molecule has 6 nitrogen and oxygen atoms in total. The van der Waals surface area contributed by atoms with Crippen LogP contribution in [-0.4, -0.2) is 36.6 Å². The number of carbonyl (C=O) groups excluding carboxylic acids is 1. The van der Waals surface area contributed by atoms with E-state index in [0.717, 1.165) is 58.4 Å². The summed E-state index contributed by atoms with van der Waals surface area (Å²) in [6, 6.07) is 22.5. The average molecular weight is 469 g/mol. The van der Waals surface area contributed by atoms with Gasteiger partial charge in [0, 0.05) is 35.4 Å². The Morgan fingerprint density at radius 3 is 2.86 bits per heavy atom. The monoisotopic (exact) mass is 468 g/mol. The molecule has 1 aliphatic rings. The van der Waals surface area contributed by atoms with Gasteiger partial charge in [-0.25, -0.2) is 0 Å². The minimum absolute atomic E-state index is 0.0206. The van der Waals surface area contributed by atoms with Gasteiger partial charge in [-0.1, -0.05) is 18.2 Å². The van der Waals surface area contributed by atoms with E-state index >= 15 is 0 Å². The van der Waals surface area contributed by atoms with Gasteiger partial charge in [-0.2, -0.15) is 0 Å². The molecule has 0 saturated carbocycles. The number of hydrogen-bond donors (Lipinski definition) is 3. The van der Waals surface area contributed by atoms with Crippen molar-refractivity contribution in [1.29, 1.82) is 0 Å². The Balaban J connectivity index is 1.50. The molecule has 1 amide bonds. The van der Waals surface area contributed by atoms with Crippen molar-refractivity contribution < 1.29 is 9.53 Å². The van der Waals surface area contributed by atoms with Crippen LogP contribution < -0.4 is 20.7 Å². The van der Waals surface area contributed by atoms with Crippen molar-refractivity contribution in [3.8, 4) is 16.9 Å². The molecule has 1 unspecified atom stereocenters. The number of para-hydroxylation sites is 2. The number of ether oxygens (including phenoxy) is 1. The van der Waals surface area contributed by atoms with Crippen LogP contribution in [0.25, 0.3) is 22.0 Å².